The zero-order valence-electron chi connectivity index (χ0n) is 9.91. The molecule has 0 radical (unpaired) electrons. The van der Waals surface area contributed by atoms with Gasteiger partial charge >= 0.3 is 0 Å². The van der Waals surface area contributed by atoms with Gasteiger partial charge in [-0.25, -0.2) is 0 Å². The van der Waals surface area contributed by atoms with Crippen molar-refractivity contribution in [2.24, 2.45) is 7.05 Å². The third-order valence-corrected chi connectivity index (χ3v) is 2.49. The maximum Gasteiger partial charge on any atom is 0.128 e. The van der Waals surface area contributed by atoms with Crippen LogP contribution in [0.4, 0.5) is 5.82 Å². The molecule has 0 saturated heterocycles. The van der Waals surface area contributed by atoms with E-state index in [0.29, 0.717) is 6.54 Å². The van der Waals surface area contributed by atoms with Gasteiger partial charge in [0.15, 0.2) is 0 Å². The van der Waals surface area contributed by atoms with Gasteiger partial charge in [0.25, 0.3) is 0 Å². The van der Waals surface area contributed by atoms with E-state index in [1.807, 2.05) is 32.7 Å². The van der Waals surface area contributed by atoms with Crippen LogP contribution in [0.2, 0.25) is 0 Å². The second kappa shape index (κ2) is 5.14. The van der Waals surface area contributed by atoms with Gasteiger partial charge in [-0.05, 0) is 14.0 Å². The first kappa shape index (κ1) is 12.0. The van der Waals surface area contributed by atoms with Crippen LogP contribution < -0.4 is 5.32 Å². The summed E-state index contributed by atoms with van der Waals surface area (Å²) in [6.07, 6.45) is 0. The summed E-state index contributed by atoms with van der Waals surface area (Å²) in [5, 5.41) is 16.3. The molecule has 1 aromatic rings. The summed E-state index contributed by atoms with van der Waals surface area (Å²) in [4.78, 5) is 2.07. The molecule has 0 aliphatic heterocycles. The van der Waals surface area contributed by atoms with Crippen LogP contribution in [0.5, 0.6) is 0 Å². The molecular formula is C10H20N4O. The Kier molecular flexibility index (Phi) is 4.11. The van der Waals surface area contributed by atoms with Crippen LogP contribution in [-0.4, -0.2) is 47.0 Å². The Morgan fingerprint density at radius 2 is 2.20 bits per heavy atom. The van der Waals surface area contributed by atoms with Gasteiger partial charge in [0.2, 0.25) is 0 Å². The van der Waals surface area contributed by atoms with Crippen molar-refractivity contribution < 1.29 is 5.11 Å². The van der Waals surface area contributed by atoms with Crippen LogP contribution >= 0.6 is 0 Å². The summed E-state index contributed by atoms with van der Waals surface area (Å²) < 4.78 is 1.84. The number of aliphatic hydroxyl groups is 1. The number of hydrogen-bond acceptors (Lipinski definition) is 4. The standard InChI is InChI=1S/C10H20N4O/c1-8-9(7-13(3)5-6-15)10(11-2)14(4)12-8/h11,15H,5-7H2,1-4H3. The SMILES string of the molecule is CNc1c(CN(C)CCO)c(C)nn1C. The molecule has 1 rings (SSSR count). The number of anilines is 1. The molecule has 1 heterocycles. The molecule has 0 saturated carbocycles. The van der Waals surface area contributed by atoms with Crippen LogP contribution in [0.25, 0.3) is 0 Å². The maximum atomic E-state index is 8.84. The summed E-state index contributed by atoms with van der Waals surface area (Å²) in [5.41, 5.74) is 2.22. The number of nitrogens with zero attached hydrogens (tertiary/aromatic N) is 3. The predicted molar refractivity (Wildman–Crippen MR) is 60.9 cm³/mol. The van der Waals surface area contributed by atoms with E-state index < -0.39 is 0 Å². The van der Waals surface area contributed by atoms with E-state index in [-0.39, 0.29) is 6.61 Å². The van der Waals surface area contributed by atoms with Gasteiger partial charge < -0.3 is 10.4 Å². The van der Waals surface area contributed by atoms with E-state index in [0.717, 1.165) is 18.1 Å². The van der Waals surface area contributed by atoms with Crippen LogP contribution in [0.15, 0.2) is 0 Å². The fourth-order valence-electron chi connectivity index (χ4n) is 1.72. The molecule has 0 bridgehead atoms. The highest BCUT2D eigenvalue weighted by atomic mass is 16.3. The second-order valence-electron chi connectivity index (χ2n) is 3.75. The van der Waals surface area contributed by atoms with Crippen LogP contribution in [0.3, 0.4) is 0 Å². The molecule has 5 nitrogen and oxygen atoms in total. The molecule has 0 spiro atoms. The fraction of sp³-hybridized carbons (Fsp3) is 0.700. The lowest BCUT2D eigenvalue weighted by Crippen LogP contribution is -2.22. The van der Waals surface area contributed by atoms with Crippen LogP contribution in [0.1, 0.15) is 11.3 Å². The average molecular weight is 212 g/mol. The lowest BCUT2D eigenvalue weighted by Gasteiger charge is -2.15. The van der Waals surface area contributed by atoms with Gasteiger partial charge in [-0.1, -0.05) is 0 Å². The molecule has 0 aliphatic carbocycles. The monoisotopic (exact) mass is 212 g/mol. The molecule has 1 aromatic heterocycles. The van der Waals surface area contributed by atoms with Crippen molar-refractivity contribution in [3.63, 3.8) is 0 Å². The van der Waals surface area contributed by atoms with Gasteiger partial charge in [-0.2, -0.15) is 5.10 Å². The summed E-state index contributed by atoms with van der Waals surface area (Å²) >= 11 is 0. The normalized spacial score (nSPS) is 11.1. The molecule has 0 fully saturated rings. The third-order valence-electron chi connectivity index (χ3n) is 2.49. The van der Waals surface area contributed by atoms with Crippen molar-refractivity contribution in [2.45, 2.75) is 13.5 Å². The van der Waals surface area contributed by atoms with Crippen LogP contribution in [-0.2, 0) is 13.6 Å². The van der Waals surface area contributed by atoms with Crippen LogP contribution in [0, 0.1) is 6.92 Å². The molecule has 0 aliphatic rings. The van der Waals surface area contributed by atoms with Crippen molar-refractivity contribution in [3.05, 3.63) is 11.3 Å². The van der Waals surface area contributed by atoms with Crippen molar-refractivity contribution in [3.8, 4) is 0 Å². The average Bonchev–Trinajstić information content (AvgIpc) is 2.42. The van der Waals surface area contributed by atoms with Crippen molar-refractivity contribution in [1.82, 2.24) is 14.7 Å². The molecule has 0 amide bonds. The van der Waals surface area contributed by atoms with E-state index in [1.54, 1.807) is 0 Å². The van der Waals surface area contributed by atoms with Gasteiger partial charge in [0, 0.05) is 32.7 Å². The minimum atomic E-state index is 0.185. The number of aryl methyl sites for hydroxylation is 2. The lowest BCUT2D eigenvalue weighted by atomic mass is 10.2. The molecule has 5 heteroatoms. The lowest BCUT2D eigenvalue weighted by molar-refractivity contribution is 0.217. The summed E-state index contributed by atoms with van der Waals surface area (Å²) in [5.74, 6) is 1.04. The van der Waals surface area contributed by atoms with E-state index in [1.165, 1.54) is 5.56 Å². The number of rotatable bonds is 5. The Morgan fingerprint density at radius 1 is 1.53 bits per heavy atom. The molecular weight excluding hydrogens is 192 g/mol. The first-order chi connectivity index (χ1) is 7.10. The summed E-state index contributed by atoms with van der Waals surface area (Å²) in [6, 6.07) is 0. The number of aliphatic hydroxyl groups excluding tert-OH is 1. The highest BCUT2D eigenvalue weighted by Crippen LogP contribution is 2.19. The minimum absolute atomic E-state index is 0.185. The molecule has 86 valence electrons. The highest BCUT2D eigenvalue weighted by molar-refractivity contribution is 5.46. The maximum absolute atomic E-state index is 8.84. The van der Waals surface area contributed by atoms with Crippen molar-refractivity contribution in [1.29, 1.82) is 0 Å². The Hall–Kier alpha value is -1.07. The topological polar surface area (TPSA) is 53.3 Å². The number of hydrogen-bond donors (Lipinski definition) is 2. The smallest absolute Gasteiger partial charge is 0.128 e. The first-order valence-corrected chi connectivity index (χ1v) is 5.09. The molecule has 0 aromatic carbocycles. The molecule has 0 unspecified atom stereocenters. The Morgan fingerprint density at radius 3 is 2.73 bits per heavy atom. The quantitative estimate of drug-likeness (QED) is 0.732. The Labute approximate surface area is 90.7 Å². The Balaban J connectivity index is 2.83. The number of likely N-dealkylation sites (N-methyl/N-ethyl adjacent to an activating group) is 1. The van der Waals surface area contributed by atoms with Gasteiger partial charge in [-0.15, -0.1) is 0 Å². The van der Waals surface area contributed by atoms with Crippen molar-refractivity contribution in [2.75, 3.05) is 32.6 Å². The molecule has 0 atom stereocenters. The zero-order valence-corrected chi connectivity index (χ0v) is 9.91. The fourth-order valence-corrected chi connectivity index (χ4v) is 1.72. The minimum Gasteiger partial charge on any atom is -0.395 e. The van der Waals surface area contributed by atoms with Gasteiger partial charge in [-0.3, -0.25) is 9.58 Å². The Bertz CT molecular complexity index is 321. The largest absolute Gasteiger partial charge is 0.395 e. The zero-order chi connectivity index (χ0) is 11.4. The number of aromatic nitrogens is 2. The summed E-state index contributed by atoms with van der Waals surface area (Å²) in [7, 11) is 5.81. The van der Waals surface area contributed by atoms with E-state index >= 15 is 0 Å². The third kappa shape index (κ3) is 2.70. The summed E-state index contributed by atoms with van der Waals surface area (Å²) in [6.45, 7) is 3.67. The molecule has 2 N–H and O–H groups in total. The highest BCUT2D eigenvalue weighted by Gasteiger charge is 2.13. The second-order valence-corrected chi connectivity index (χ2v) is 3.75. The first-order valence-electron chi connectivity index (χ1n) is 5.09. The van der Waals surface area contributed by atoms with E-state index in [2.05, 4.69) is 15.3 Å². The van der Waals surface area contributed by atoms with Crippen molar-refractivity contribution >= 4 is 5.82 Å². The predicted octanol–water partition coefficient (Wildman–Crippen LogP) is 0.194. The number of nitrogens with one attached hydrogen (secondary N) is 1. The van der Waals surface area contributed by atoms with E-state index in [9.17, 15) is 0 Å². The molecule has 15 heavy (non-hydrogen) atoms. The van der Waals surface area contributed by atoms with Gasteiger partial charge in [0.05, 0.1) is 12.3 Å². The van der Waals surface area contributed by atoms with E-state index in [4.69, 9.17) is 5.11 Å². The van der Waals surface area contributed by atoms with Gasteiger partial charge in [0.1, 0.15) is 5.82 Å².